The molecular formula is C22H28N4O5. The minimum Gasteiger partial charge on any atom is -0.461 e. The van der Waals surface area contributed by atoms with Crippen LogP contribution < -0.4 is 4.90 Å². The third-order valence-corrected chi connectivity index (χ3v) is 5.02. The van der Waals surface area contributed by atoms with Gasteiger partial charge in [0.2, 0.25) is 0 Å². The van der Waals surface area contributed by atoms with E-state index in [0.717, 1.165) is 0 Å². The van der Waals surface area contributed by atoms with Gasteiger partial charge in [-0.15, -0.1) is 0 Å². The van der Waals surface area contributed by atoms with Gasteiger partial charge in [0.15, 0.2) is 17.1 Å². The van der Waals surface area contributed by atoms with Crippen molar-refractivity contribution in [3.05, 3.63) is 30.0 Å². The number of hydrogen-bond donors (Lipinski definition) is 0. The van der Waals surface area contributed by atoms with Crippen LogP contribution in [0, 0.1) is 0 Å². The molecule has 166 valence electrons. The zero-order chi connectivity index (χ0) is 22.6. The second-order valence-electron chi connectivity index (χ2n) is 7.84. The van der Waals surface area contributed by atoms with Crippen LogP contribution in [0.25, 0.3) is 11.0 Å². The number of aromatic nitrogens is 2. The topological polar surface area (TPSA) is 102 Å². The van der Waals surface area contributed by atoms with Crippen molar-refractivity contribution in [3.8, 4) is 0 Å². The predicted molar refractivity (Wildman–Crippen MR) is 115 cm³/mol. The molecule has 0 bridgehead atoms. The van der Waals surface area contributed by atoms with Gasteiger partial charge in [0.25, 0.3) is 5.91 Å². The summed E-state index contributed by atoms with van der Waals surface area (Å²) >= 11 is 0. The third-order valence-electron chi connectivity index (χ3n) is 5.02. The van der Waals surface area contributed by atoms with Crippen LogP contribution in [0.3, 0.4) is 0 Å². The standard InChI is InChI=1S/C22H28N4O5/c1-5-30-20(28)18-19(24-17-10-7-6-9-16(17)23-18)25-11-8-12-26(14-13-25)21(29)22(3,4)31-15(2)27/h6-7,9-10H,5,8,11-14H2,1-4H3. The maximum atomic E-state index is 12.9. The third kappa shape index (κ3) is 5.10. The van der Waals surface area contributed by atoms with Gasteiger partial charge in [0.05, 0.1) is 17.6 Å². The Morgan fingerprint density at radius 3 is 2.35 bits per heavy atom. The zero-order valence-electron chi connectivity index (χ0n) is 18.4. The van der Waals surface area contributed by atoms with Crippen LogP contribution in [0.4, 0.5) is 5.82 Å². The van der Waals surface area contributed by atoms with E-state index in [1.807, 2.05) is 23.1 Å². The second kappa shape index (κ2) is 9.28. The van der Waals surface area contributed by atoms with Gasteiger partial charge >= 0.3 is 11.9 Å². The van der Waals surface area contributed by atoms with Crippen molar-refractivity contribution in [3.63, 3.8) is 0 Å². The normalized spacial score (nSPS) is 14.8. The molecule has 9 nitrogen and oxygen atoms in total. The first kappa shape index (κ1) is 22.5. The van der Waals surface area contributed by atoms with E-state index in [9.17, 15) is 14.4 Å². The zero-order valence-corrected chi connectivity index (χ0v) is 18.4. The lowest BCUT2D eigenvalue weighted by atomic mass is 10.1. The highest BCUT2D eigenvalue weighted by Crippen LogP contribution is 2.24. The van der Waals surface area contributed by atoms with E-state index in [4.69, 9.17) is 14.5 Å². The smallest absolute Gasteiger partial charge is 0.360 e. The lowest BCUT2D eigenvalue weighted by Crippen LogP contribution is -2.48. The molecule has 1 aromatic carbocycles. The van der Waals surface area contributed by atoms with Crippen LogP contribution in [-0.2, 0) is 19.1 Å². The molecule has 0 saturated carbocycles. The van der Waals surface area contributed by atoms with E-state index in [-0.39, 0.29) is 18.2 Å². The SMILES string of the molecule is CCOC(=O)c1nc2ccccc2nc1N1CCCN(C(=O)C(C)(C)OC(C)=O)CC1. The number of hydrogen-bond acceptors (Lipinski definition) is 8. The Bertz CT molecular complexity index is 991. The number of fused-ring (bicyclic) bond motifs is 1. The number of amides is 1. The molecule has 9 heteroatoms. The summed E-state index contributed by atoms with van der Waals surface area (Å²) in [5.41, 5.74) is 0.225. The largest absolute Gasteiger partial charge is 0.461 e. The summed E-state index contributed by atoms with van der Waals surface area (Å²) in [6.07, 6.45) is 0.665. The molecule has 0 radical (unpaired) electrons. The van der Waals surface area contributed by atoms with Crippen LogP contribution in [0.5, 0.6) is 0 Å². The van der Waals surface area contributed by atoms with E-state index >= 15 is 0 Å². The number of rotatable bonds is 5. The highest BCUT2D eigenvalue weighted by Gasteiger charge is 2.36. The summed E-state index contributed by atoms with van der Waals surface area (Å²) in [7, 11) is 0. The maximum absolute atomic E-state index is 12.9. The Morgan fingerprint density at radius 1 is 1.03 bits per heavy atom. The minimum atomic E-state index is -1.24. The summed E-state index contributed by atoms with van der Waals surface area (Å²) in [6.45, 7) is 8.41. The first-order chi connectivity index (χ1) is 14.7. The minimum absolute atomic E-state index is 0.167. The van der Waals surface area contributed by atoms with Gasteiger partial charge in [-0.3, -0.25) is 9.59 Å². The molecule has 0 aliphatic carbocycles. The molecule has 1 fully saturated rings. The molecule has 0 N–H and O–H groups in total. The van der Waals surface area contributed by atoms with E-state index in [1.54, 1.807) is 31.7 Å². The van der Waals surface area contributed by atoms with E-state index < -0.39 is 17.5 Å². The fourth-order valence-electron chi connectivity index (χ4n) is 3.66. The summed E-state index contributed by atoms with van der Waals surface area (Å²) in [4.78, 5) is 49.7. The molecule has 1 aromatic heterocycles. The van der Waals surface area contributed by atoms with Gasteiger partial charge in [0.1, 0.15) is 0 Å². The van der Waals surface area contributed by atoms with Crippen molar-refractivity contribution in [2.24, 2.45) is 0 Å². The number of ether oxygens (including phenoxy) is 2. The summed E-state index contributed by atoms with van der Waals surface area (Å²) < 4.78 is 10.4. The fraction of sp³-hybridized carbons (Fsp3) is 0.500. The molecule has 1 amide bonds. The van der Waals surface area contributed by atoms with Gasteiger partial charge in [-0.2, -0.15) is 0 Å². The Morgan fingerprint density at radius 2 is 1.71 bits per heavy atom. The molecule has 1 saturated heterocycles. The number of carbonyl (C=O) groups excluding carboxylic acids is 3. The number of anilines is 1. The molecule has 0 unspecified atom stereocenters. The molecule has 0 atom stereocenters. The van der Waals surface area contributed by atoms with Crippen molar-refractivity contribution in [1.29, 1.82) is 0 Å². The predicted octanol–water partition coefficient (Wildman–Crippen LogP) is 2.19. The number of esters is 2. The molecular weight excluding hydrogens is 400 g/mol. The van der Waals surface area contributed by atoms with Crippen LogP contribution in [0.1, 0.15) is 44.6 Å². The van der Waals surface area contributed by atoms with Gasteiger partial charge in [-0.1, -0.05) is 12.1 Å². The lowest BCUT2D eigenvalue weighted by Gasteiger charge is -2.30. The van der Waals surface area contributed by atoms with Gasteiger partial charge in [-0.25, -0.2) is 14.8 Å². The quantitative estimate of drug-likeness (QED) is 0.668. The summed E-state index contributed by atoms with van der Waals surface area (Å²) in [5.74, 6) is -0.824. The Labute approximate surface area is 181 Å². The lowest BCUT2D eigenvalue weighted by molar-refractivity contribution is -0.168. The number of para-hydroxylation sites is 2. The van der Waals surface area contributed by atoms with Crippen molar-refractivity contribution in [2.75, 3.05) is 37.7 Å². The van der Waals surface area contributed by atoms with Gasteiger partial charge in [0, 0.05) is 33.1 Å². The van der Waals surface area contributed by atoms with Crippen LogP contribution in [-0.4, -0.2) is 71.1 Å². The Kier molecular flexibility index (Phi) is 6.72. The molecule has 2 aromatic rings. The number of carbonyl (C=O) groups is 3. The van der Waals surface area contributed by atoms with Gasteiger partial charge < -0.3 is 19.3 Å². The Hall–Kier alpha value is -3.23. The average Bonchev–Trinajstić information content (AvgIpc) is 2.97. The second-order valence-corrected chi connectivity index (χ2v) is 7.84. The number of benzene rings is 1. The monoisotopic (exact) mass is 428 g/mol. The number of nitrogens with zero attached hydrogens (tertiary/aromatic N) is 4. The first-order valence-corrected chi connectivity index (χ1v) is 10.4. The molecule has 1 aliphatic heterocycles. The summed E-state index contributed by atoms with van der Waals surface area (Å²) in [5, 5.41) is 0. The highest BCUT2D eigenvalue weighted by atomic mass is 16.6. The van der Waals surface area contributed by atoms with Crippen molar-refractivity contribution in [1.82, 2.24) is 14.9 Å². The average molecular weight is 428 g/mol. The molecule has 3 rings (SSSR count). The molecule has 31 heavy (non-hydrogen) atoms. The summed E-state index contributed by atoms with van der Waals surface area (Å²) in [6, 6.07) is 7.35. The van der Waals surface area contributed by atoms with E-state index in [2.05, 4.69) is 4.98 Å². The van der Waals surface area contributed by atoms with Crippen molar-refractivity contribution < 1.29 is 23.9 Å². The van der Waals surface area contributed by atoms with Crippen LogP contribution >= 0.6 is 0 Å². The Balaban J connectivity index is 1.86. The molecule has 0 spiro atoms. The van der Waals surface area contributed by atoms with Crippen LogP contribution in [0.15, 0.2) is 24.3 Å². The maximum Gasteiger partial charge on any atom is 0.360 e. The molecule has 1 aliphatic rings. The van der Waals surface area contributed by atoms with E-state index in [1.165, 1.54) is 6.92 Å². The first-order valence-electron chi connectivity index (χ1n) is 10.4. The van der Waals surface area contributed by atoms with Crippen molar-refractivity contribution >= 4 is 34.7 Å². The van der Waals surface area contributed by atoms with E-state index in [0.29, 0.717) is 49.5 Å². The molecule has 2 heterocycles. The fourth-order valence-corrected chi connectivity index (χ4v) is 3.66. The van der Waals surface area contributed by atoms with Crippen molar-refractivity contribution in [2.45, 2.75) is 39.7 Å². The van der Waals surface area contributed by atoms with Gasteiger partial charge in [-0.05, 0) is 39.3 Å². The highest BCUT2D eigenvalue weighted by molar-refractivity contribution is 5.95. The van der Waals surface area contributed by atoms with Crippen LogP contribution in [0.2, 0.25) is 0 Å².